The highest BCUT2D eigenvalue weighted by molar-refractivity contribution is 6.03. The zero-order chi connectivity index (χ0) is 21.8. The Bertz CT molecular complexity index is 992. The second-order valence-corrected chi connectivity index (χ2v) is 6.97. The Hall–Kier alpha value is -3.42. The predicted molar refractivity (Wildman–Crippen MR) is 110 cm³/mol. The van der Waals surface area contributed by atoms with Crippen LogP contribution in [0.3, 0.4) is 0 Å². The molecule has 0 unspecified atom stereocenters. The maximum atomic E-state index is 14.4. The van der Waals surface area contributed by atoms with Crippen LogP contribution in [0.1, 0.15) is 30.5 Å². The third kappa shape index (κ3) is 4.27. The Morgan fingerprint density at radius 1 is 1.20 bits per heavy atom. The molecule has 0 N–H and O–H groups in total. The highest BCUT2D eigenvalue weighted by atomic mass is 19.1. The molecule has 0 aromatic heterocycles. The summed E-state index contributed by atoms with van der Waals surface area (Å²) in [6.07, 6.45) is 0.292. The van der Waals surface area contributed by atoms with Gasteiger partial charge in [-0.2, -0.15) is 5.10 Å². The van der Waals surface area contributed by atoms with Gasteiger partial charge in [-0.1, -0.05) is 18.2 Å². The number of methoxy groups -OCH3 is 2. The molecule has 0 saturated carbocycles. The molecule has 1 aliphatic rings. The van der Waals surface area contributed by atoms with Crippen molar-refractivity contribution >= 4 is 17.5 Å². The van der Waals surface area contributed by atoms with Gasteiger partial charge in [0, 0.05) is 31.5 Å². The van der Waals surface area contributed by atoms with Crippen molar-refractivity contribution in [2.75, 3.05) is 27.8 Å². The monoisotopic (exact) mass is 413 g/mol. The number of hydrogen-bond donors (Lipinski definition) is 0. The van der Waals surface area contributed by atoms with Crippen molar-refractivity contribution in [3.8, 4) is 11.5 Å². The van der Waals surface area contributed by atoms with E-state index in [1.807, 2.05) is 0 Å². The quantitative estimate of drug-likeness (QED) is 0.730. The molecule has 30 heavy (non-hydrogen) atoms. The van der Waals surface area contributed by atoms with Crippen LogP contribution in [0, 0.1) is 5.82 Å². The molecule has 0 bridgehead atoms. The van der Waals surface area contributed by atoms with Gasteiger partial charge in [-0.25, -0.2) is 9.40 Å². The van der Waals surface area contributed by atoms with E-state index >= 15 is 0 Å². The fourth-order valence-corrected chi connectivity index (χ4v) is 3.33. The van der Waals surface area contributed by atoms with Crippen molar-refractivity contribution in [3.63, 3.8) is 0 Å². The summed E-state index contributed by atoms with van der Waals surface area (Å²) in [5.41, 5.74) is 1.46. The molecule has 1 atom stereocenters. The first kappa shape index (κ1) is 21.3. The van der Waals surface area contributed by atoms with Crippen LogP contribution in [-0.4, -0.2) is 55.2 Å². The van der Waals surface area contributed by atoms with Gasteiger partial charge in [0.05, 0.1) is 26.0 Å². The summed E-state index contributed by atoms with van der Waals surface area (Å²) in [5, 5.41) is 5.75. The van der Waals surface area contributed by atoms with E-state index < -0.39 is 11.9 Å². The molecule has 3 rings (SSSR count). The van der Waals surface area contributed by atoms with Crippen LogP contribution in [-0.2, 0) is 9.59 Å². The highest BCUT2D eigenvalue weighted by Crippen LogP contribution is 2.39. The largest absolute Gasteiger partial charge is 0.497 e. The van der Waals surface area contributed by atoms with Crippen molar-refractivity contribution in [1.29, 1.82) is 0 Å². The summed E-state index contributed by atoms with van der Waals surface area (Å²) in [4.78, 5) is 25.9. The van der Waals surface area contributed by atoms with Gasteiger partial charge >= 0.3 is 0 Å². The minimum atomic E-state index is -0.530. The van der Waals surface area contributed by atoms with Crippen molar-refractivity contribution in [1.82, 2.24) is 9.91 Å². The van der Waals surface area contributed by atoms with Crippen LogP contribution >= 0.6 is 0 Å². The fourth-order valence-electron chi connectivity index (χ4n) is 3.33. The van der Waals surface area contributed by atoms with Crippen molar-refractivity contribution in [2.45, 2.75) is 19.4 Å². The van der Waals surface area contributed by atoms with Crippen LogP contribution in [0.4, 0.5) is 4.39 Å². The molecular weight excluding hydrogens is 389 g/mol. The number of rotatable bonds is 6. The second-order valence-electron chi connectivity index (χ2n) is 6.97. The van der Waals surface area contributed by atoms with Crippen molar-refractivity contribution in [2.24, 2.45) is 5.10 Å². The van der Waals surface area contributed by atoms with E-state index in [9.17, 15) is 14.0 Å². The van der Waals surface area contributed by atoms with E-state index in [4.69, 9.17) is 9.47 Å². The summed E-state index contributed by atoms with van der Waals surface area (Å²) < 4.78 is 25.2. The summed E-state index contributed by atoms with van der Waals surface area (Å²) in [6, 6.07) is 11.1. The van der Waals surface area contributed by atoms with Gasteiger partial charge in [0.2, 0.25) is 5.91 Å². The third-order valence-corrected chi connectivity index (χ3v) is 5.06. The Morgan fingerprint density at radius 2 is 1.93 bits per heavy atom. The molecule has 7 nitrogen and oxygen atoms in total. The molecule has 1 heterocycles. The third-order valence-electron chi connectivity index (χ3n) is 5.06. The topological polar surface area (TPSA) is 71.4 Å². The van der Waals surface area contributed by atoms with E-state index in [0.29, 0.717) is 34.8 Å². The standard InChI is InChI=1S/C22H24FN3O4/c1-14(27)25(2)13-22(28)26-20(17-11-15(29-3)9-10-21(17)30-4)12-19(24-26)16-7-5-6-8-18(16)23/h5-11,20H,12-13H2,1-4H3/t20-/m0/s1. The summed E-state index contributed by atoms with van der Waals surface area (Å²) in [5.74, 6) is 0.120. The lowest BCUT2D eigenvalue weighted by molar-refractivity contribution is -0.139. The van der Waals surface area contributed by atoms with Gasteiger partial charge in [-0.15, -0.1) is 0 Å². The number of carbonyl (C=O) groups excluding carboxylic acids is 2. The molecular formula is C22H24FN3O4. The van der Waals surface area contributed by atoms with E-state index in [1.165, 1.54) is 30.0 Å². The smallest absolute Gasteiger partial charge is 0.262 e. The normalized spacial score (nSPS) is 15.6. The molecule has 2 amide bonds. The van der Waals surface area contributed by atoms with Crippen molar-refractivity contribution < 1.29 is 23.5 Å². The van der Waals surface area contributed by atoms with E-state index in [-0.39, 0.29) is 18.4 Å². The number of hydrazone groups is 1. The lowest BCUT2D eigenvalue weighted by Gasteiger charge is -2.25. The molecule has 0 saturated heterocycles. The predicted octanol–water partition coefficient (Wildman–Crippen LogP) is 3.00. The molecule has 2 aromatic rings. The number of amides is 2. The minimum Gasteiger partial charge on any atom is -0.497 e. The maximum absolute atomic E-state index is 14.4. The molecule has 0 aliphatic carbocycles. The molecule has 0 fully saturated rings. The van der Waals surface area contributed by atoms with Crippen molar-refractivity contribution in [3.05, 3.63) is 59.4 Å². The van der Waals surface area contributed by atoms with Gasteiger partial charge in [-0.05, 0) is 24.3 Å². The number of carbonyl (C=O) groups is 2. The second kappa shape index (κ2) is 8.94. The first-order chi connectivity index (χ1) is 14.3. The Labute approximate surface area is 174 Å². The zero-order valence-corrected chi connectivity index (χ0v) is 17.4. The van der Waals surface area contributed by atoms with Gasteiger partial charge < -0.3 is 14.4 Å². The van der Waals surface area contributed by atoms with E-state index in [2.05, 4.69) is 5.10 Å². The SMILES string of the molecule is COc1ccc(OC)c([C@@H]2CC(c3ccccc3F)=NN2C(=O)CN(C)C(C)=O)c1. The minimum absolute atomic E-state index is 0.147. The van der Waals surface area contributed by atoms with Gasteiger partial charge in [0.15, 0.2) is 0 Å². The fraction of sp³-hybridized carbons (Fsp3) is 0.318. The molecule has 0 spiro atoms. The van der Waals surface area contributed by atoms with E-state index in [1.54, 1.807) is 50.6 Å². The molecule has 2 aromatic carbocycles. The Kier molecular flexibility index (Phi) is 6.34. The summed E-state index contributed by atoms with van der Waals surface area (Å²) in [6.45, 7) is 1.24. The van der Waals surface area contributed by atoms with Crippen LogP contribution in [0.2, 0.25) is 0 Å². The van der Waals surface area contributed by atoms with Gasteiger partial charge in [0.1, 0.15) is 23.9 Å². The van der Waals surface area contributed by atoms with Gasteiger partial charge in [0.25, 0.3) is 5.91 Å². The molecule has 0 radical (unpaired) electrons. The van der Waals surface area contributed by atoms with Crippen LogP contribution in [0.15, 0.2) is 47.6 Å². The maximum Gasteiger partial charge on any atom is 0.262 e. The average molecular weight is 413 g/mol. The number of likely N-dealkylation sites (N-methyl/N-ethyl adjacent to an activating group) is 1. The van der Waals surface area contributed by atoms with Crippen LogP contribution in [0.5, 0.6) is 11.5 Å². The van der Waals surface area contributed by atoms with E-state index in [0.717, 1.165) is 0 Å². The molecule has 158 valence electrons. The number of benzene rings is 2. The lowest BCUT2D eigenvalue weighted by Crippen LogP contribution is -2.38. The highest BCUT2D eigenvalue weighted by Gasteiger charge is 2.36. The first-order valence-electron chi connectivity index (χ1n) is 9.43. The Morgan fingerprint density at radius 3 is 2.57 bits per heavy atom. The molecule has 1 aliphatic heterocycles. The average Bonchev–Trinajstić information content (AvgIpc) is 3.18. The number of ether oxygens (including phenoxy) is 2. The summed E-state index contributed by atoms with van der Waals surface area (Å²) >= 11 is 0. The van der Waals surface area contributed by atoms with Crippen LogP contribution in [0.25, 0.3) is 0 Å². The zero-order valence-electron chi connectivity index (χ0n) is 17.4. The lowest BCUT2D eigenvalue weighted by atomic mass is 9.97. The van der Waals surface area contributed by atoms with Crippen LogP contribution < -0.4 is 9.47 Å². The van der Waals surface area contributed by atoms with Gasteiger partial charge in [-0.3, -0.25) is 9.59 Å². The first-order valence-corrected chi connectivity index (χ1v) is 9.43. The number of halogens is 1. The molecule has 8 heteroatoms. The summed E-state index contributed by atoms with van der Waals surface area (Å²) in [7, 11) is 4.62. The Balaban J connectivity index is 2.04. The number of nitrogens with zero attached hydrogens (tertiary/aromatic N) is 3. The number of hydrogen-bond acceptors (Lipinski definition) is 5.